The van der Waals surface area contributed by atoms with Gasteiger partial charge in [0.1, 0.15) is 17.1 Å². The van der Waals surface area contributed by atoms with Crippen LogP contribution in [0.5, 0.6) is 5.75 Å². The van der Waals surface area contributed by atoms with E-state index in [4.69, 9.17) is 4.74 Å². The van der Waals surface area contributed by atoms with Gasteiger partial charge in [0.15, 0.2) is 0 Å². The summed E-state index contributed by atoms with van der Waals surface area (Å²) < 4.78 is 6.75. The molecular weight excluding hydrogens is 350 g/mol. The minimum atomic E-state index is -0.0780. The van der Waals surface area contributed by atoms with Gasteiger partial charge in [-0.15, -0.1) is 16.4 Å². The van der Waals surface area contributed by atoms with Gasteiger partial charge in [-0.05, 0) is 59.4 Å². The summed E-state index contributed by atoms with van der Waals surface area (Å²) in [5.74, 6) is 0.721. The first-order valence-electron chi connectivity index (χ1n) is 8.55. The molecule has 1 N–H and O–H groups in total. The summed E-state index contributed by atoms with van der Waals surface area (Å²) in [4.78, 5) is 14.3. The second kappa shape index (κ2) is 7.25. The lowest BCUT2D eigenvalue weighted by Crippen LogP contribution is -2.25. The molecule has 134 valence electrons. The maximum absolute atomic E-state index is 13.0. The lowest BCUT2D eigenvalue weighted by molar-refractivity contribution is 0.0950. The molecule has 2 aromatic heterocycles. The molecular formula is C18H19N5O2S. The van der Waals surface area contributed by atoms with Crippen LogP contribution in [0.4, 0.5) is 0 Å². The summed E-state index contributed by atoms with van der Waals surface area (Å²) in [7, 11) is 1.64. The van der Waals surface area contributed by atoms with Crippen molar-refractivity contribution in [1.29, 1.82) is 0 Å². The van der Waals surface area contributed by atoms with Crippen molar-refractivity contribution < 1.29 is 9.53 Å². The van der Waals surface area contributed by atoms with E-state index in [9.17, 15) is 4.79 Å². The summed E-state index contributed by atoms with van der Waals surface area (Å²) in [6, 6.07) is 7.68. The molecule has 1 aliphatic carbocycles. The second-order valence-electron chi connectivity index (χ2n) is 6.18. The minimum absolute atomic E-state index is 0.0780. The Morgan fingerprint density at radius 1 is 1.27 bits per heavy atom. The predicted octanol–water partition coefficient (Wildman–Crippen LogP) is 2.54. The highest BCUT2D eigenvalue weighted by molar-refractivity contribution is 7.15. The Balaban J connectivity index is 1.59. The molecule has 8 heteroatoms. The van der Waals surface area contributed by atoms with Crippen LogP contribution in [0.25, 0.3) is 5.00 Å². The summed E-state index contributed by atoms with van der Waals surface area (Å²) in [5, 5.41) is 15.2. The lowest BCUT2D eigenvalue weighted by atomic mass is 9.95. The molecule has 0 aliphatic heterocycles. The van der Waals surface area contributed by atoms with Gasteiger partial charge < -0.3 is 10.1 Å². The molecule has 26 heavy (non-hydrogen) atoms. The van der Waals surface area contributed by atoms with E-state index >= 15 is 0 Å². The van der Waals surface area contributed by atoms with E-state index in [1.54, 1.807) is 23.1 Å². The molecule has 1 aromatic carbocycles. The van der Waals surface area contributed by atoms with Crippen molar-refractivity contribution >= 4 is 17.2 Å². The van der Waals surface area contributed by atoms with Crippen LogP contribution in [0.15, 0.2) is 30.6 Å². The Bertz CT molecular complexity index is 903. The fourth-order valence-electron chi connectivity index (χ4n) is 3.22. The topological polar surface area (TPSA) is 81.9 Å². The van der Waals surface area contributed by atoms with E-state index in [2.05, 4.69) is 20.8 Å². The quantitative estimate of drug-likeness (QED) is 0.747. The number of thiophene rings is 1. The van der Waals surface area contributed by atoms with E-state index in [1.165, 1.54) is 11.2 Å². The molecule has 1 amide bonds. The number of ether oxygens (including phenoxy) is 1. The van der Waals surface area contributed by atoms with Crippen molar-refractivity contribution in [2.24, 2.45) is 0 Å². The van der Waals surface area contributed by atoms with Crippen molar-refractivity contribution in [2.45, 2.75) is 32.2 Å². The van der Waals surface area contributed by atoms with Gasteiger partial charge in [-0.3, -0.25) is 4.79 Å². The molecule has 0 spiro atoms. The number of rotatable bonds is 5. The van der Waals surface area contributed by atoms with Crippen LogP contribution >= 0.6 is 11.3 Å². The number of hydrogen-bond donors (Lipinski definition) is 1. The Hall–Kier alpha value is -2.74. The van der Waals surface area contributed by atoms with Gasteiger partial charge in [0.05, 0.1) is 12.7 Å². The predicted molar refractivity (Wildman–Crippen MR) is 97.8 cm³/mol. The normalized spacial score (nSPS) is 13.3. The average Bonchev–Trinajstić information content (AvgIpc) is 3.33. The number of aromatic nitrogens is 4. The largest absolute Gasteiger partial charge is 0.497 e. The Kier molecular flexibility index (Phi) is 4.66. The Morgan fingerprint density at radius 3 is 2.81 bits per heavy atom. The van der Waals surface area contributed by atoms with Gasteiger partial charge in [-0.2, -0.15) is 4.68 Å². The third kappa shape index (κ3) is 3.20. The molecule has 0 fully saturated rings. The number of carbonyl (C=O) groups is 1. The summed E-state index contributed by atoms with van der Waals surface area (Å²) in [6.45, 7) is 0.461. The van der Waals surface area contributed by atoms with Crippen molar-refractivity contribution in [3.63, 3.8) is 0 Å². The number of benzene rings is 1. The zero-order chi connectivity index (χ0) is 17.9. The van der Waals surface area contributed by atoms with Gasteiger partial charge >= 0.3 is 0 Å². The highest BCUT2D eigenvalue weighted by Gasteiger charge is 2.26. The number of carbonyl (C=O) groups excluding carboxylic acids is 1. The molecule has 3 aromatic rings. The Morgan fingerprint density at radius 2 is 2.08 bits per heavy atom. The Labute approximate surface area is 155 Å². The fourth-order valence-corrected chi connectivity index (χ4v) is 4.52. The molecule has 0 bridgehead atoms. The van der Waals surface area contributed by atoms with E-state index in [0.29, 0.717) is 12.1 Å². The van der Waals surface area contributed by atoms with Crippen LogP contribution in [0.3, 0.4) is 0 Å². The average molecular weight is 369 g/mol. The van der Waals surface area contributed by atoms with E-state index in [0.717, 1.165) is 47.6 Å². The third-order valence-electron chi connectivity index (χ3n) is 4.55. The highest BCUT2D eigenvalue weighted by Crippen LogP contribution is 2.36. The van der Waals surface area contributed by atoms with Crippen molar-refractivity contribution in [1.82, 2.24) is 25.5 Å². The first-order valence-corrected chi connectivity index (χ1v) is 9.37. The second-order valence-corrected chi connectivity index (χ2v) is 7.26. The first-order chi connectivity index (χ1) is 12.8. The number of hydrogen-bond acceptors (Lipinski definition) is 6. The van der Waals surface area contributed by atoms with E-state index in [1.807, 2.05) is 24.3 Å². The number of aryl methyl sites for hydroxylation is 1. The zero-order valence-electron chi connectivity index (χ0n) is 14.4. The number of nitrogens with one attached hydrogen (secondary N) is 1. The molecule has 0 unspecified atom stereocenters. The number of fused-ring (bicyclic) bond motifs is 1. The van der Waals surface area contributed by atoms with E-state index < -0.39 is 0 Å². The van der Waals surface area contributed by atoms with Crippen molar-refractivity contribution in [2.75, 3.05) is 7.11 Å². The fraction of sp³-hybridized carbons (Fsp3) is 0.333. The van der Waals surface area contributed by atoms with Crippen LogP contribution in [0.2, 0.25) is 0 Å². The molecule has 2 heterocycles. The van der Waals surface area contributed by atoms with Crippen LogP contribution in [0.1, 0.15) is 39.2 Å². The molecule has 1 aliphatic rings. The maximum Gasteiger partial charge on any atom is 0.254 e. The number of methoxy groups -OCH3 is 1. The monoisotopic (exact) mass is 369 g/mol. The molecule has 0 saturated carbocycles. The van der Waals surface area contributed by atoms with Gasteiger partial charge in [-0.25, -0.2) is 0 Å². The third-order valence-corrected chi connectivity index (χ3v) is 5.83. The van der Waals surface area contributed by atoms with Gasteiger partial charge in [0, 0.05) is 11.4 Å². The first kappa shape index (κ1) is 16.7. The minimum Gasteiger partial charge on any atom is -0.497 e. The molecule has 7 nitrogen and oxygen atoms in total. The zero-order valence-corrected chi connectivity index (χ0v) is 15.3. The summed E-state index contributed by atoms with van der Waals surface area (Å²) in [5.41, 5.74) is 2.89. The molecule has 0 radical (unpaired) electrons. The maximum atomic E-state index is 13.0. The number of amides is 1. The summed E-state index contributed by atoms with van der Waals surface area (Å²) in [6.07, 6.45) is 5.75. The van der Waals surface area contributed by atoms with Crippen molar-refractivity contribution in [3.05, 3.63) is 52.2 Å². The SMILES string of the molecule is COc1ccc(CNC(=O)c2c(-n3cnnn3)sc3c2CCCC3)cc1. The smallest absolute Gasteiger partial charge is 0.254 e. The van der Waals surface area contributed by atoms with Crippen LogP contribution < -0.4 is 10.1 Å². The van der Waals surface area contributed by atoms with Crippen LogP contribution in [-0.4, -0.2) is 33.2 Å². The number of nitrogens with zero attached hydrogens (tertiary/aromatic N) is 4. The van der Waals surface area contributed by atoms with Gasteiger partial charge in [0.2, 0.25) is 0 Å². The summed E-state index contributed by atoms with van der Waals surface area (Å²) >= 11 is 1.62. The highest BCUT2D eigenvalue weighted by atomic mass is 32.1. The van der Waals surface area contributed by atoms with Gasteiger partial charge in [0.25, 0.3) is 5.91 Å². The lowest BCUT2D eigenvalue weighted by Gasteiger charge is -2.13. The molecule has 0 saturated heterocycles. The van der Waals surface area contributed by atoms with Crippen molar-refractivity contribution in [3.8, 4) is 10.8 Å². The van der Waals surface area contributed by atoms with E-state index in [-0.39, 0.29) is 5.91 Å². The van der Waals surface area contributed by atoms with Crippen LogP contribution in [0, 0.1) is 0 Å². The standard InChI is InChI=1S/C18H19N5O2S/c1-25-13-8-6-12(7-9-13)10-19-17(24)16-14-4-2-3-5-15(14)26-18(16)23-11-20-21-22-23/h6-9,11H,2-5,10H2,1H3,(H,19,24). The van der Waals surface area contributed by atoms with Gasteiger partial charge in [-0.1, -0.05) is 12.1 Å². The van der Waals surface area contributed by atoms with Crippen LogP contribution in [-0.2, 0) is 19.4 Å². The number of tetrazole rings is 1. The molecule has 4 rings (SSSR count). The molecule has 0 atom stereocenters.